The van der Waals surface area contributed by atoms with Gasteiger partial charge in [-0.3, -0.25) is 4.79 Å². The summed E-state index contributed by atoms with van der Waals surface area (Å²) in [5, 5.41) is 28.5. The van der Waals surface area contributed by atoms with Gasteiger partial charge in [0.1, 0.15) is 18.5 Å². The molecule has 2 aromatic carbocycles. The number of benzene rings is 2. The molecule has 0 saturated heterocycles. The lowest BCUT2D eigenvalue weighted by molar-refractivity contribution is -0.159. The highest BCUT2D eigenvalue weighted by Gasteiger charge is 2.20. The standard InChI is InChI=1S/C21H25NO3S.C2H2O4/c1-2-20(24)15-7-9-17(10-8-15)25-14-16(23)13-22-19-11-12-26-21-6-4-3-5-18(19)21;3-1(4)2(5)6/h3-10,16,19,22-23H,2,11-14H2,1H3;(H,3,4)(H,5,6). The van der Waals surface area contributed by atoms with Gasteiger partial charge in [-0.1, -0.05) is 25.1 Å². The van der Waals surface area contributed by atoms with Crippen LogP contribution in [0.2, 0.25) is 0 Å². The van der Waals surface area contributed by atoms with Crippen LogP contribution in [0.15, 0.2) is 53.4 Å². The lowest BCUT2D eigenvalue weighted by atomic mass is 10.0. The van der Waals surface area contributed by atoms with Crippen LogP contribution < -0.4 is 10.1 Å². The molecular formula is C23H27NO7S. The molecule has 0 aromatic heterocycles. The van der Waals surface area contributed by atoms with Crippen LogP contribution in [0.25, 0.3) is 0 Å². The molecule has 8 nitrogen and oxygen atoms in total. The molecule has 32 heavy (non-hydrogen) atoms. The number of hydrogen-bond donors (Lipinski definition) is 4. The molecule has 0 fully saturated rings. The van der Waals surface area contributed by atoms with E-state index in [-0.39, 0.29) is 18.4 Å². The van der Waals surface area contributed by atoms with Gasteiger partial charge in [-0.2, -0.15) is 0 Å². The van der Waals surface area contributed by atoms with E-state index >= 15 is 0 Å². The number of aliphatic carboxylic acids is 2. The third-order valence-electron chi connectivity index (χ3n) is 4.68. The van der Waals surface area contributed by atoms with Gasteiger partial charge in [0.25, 0.3) is 0 Å². The minimum absolute atomic E-state index is 0.117. The van der Waals surface area contributed by atoms with Gasteiger partial charge in [0.2, 0.25) is 0 Å². The highest BCUT2D eigenvalue weighted by atomic mass is 32.2. The number of Topliss-reactive ketones (excluding diaryl/α,β-unsaturated/α-hetero) is 1. The normalized spacial score (nSPS) is 15.5. The van der Waals surface area contributed by atoms with Crippen LogP contribution in [0.3, 0.4) is 0 Å². The van der Waals surface area contributed by atoms with Gasteiger partial charge in [0, 0.05) is 29.5 Å². The van der Waals surface area contributed by atoms with E-state index in [2.05, 4.69) is 29.6 Å². The Balaban J connectivity index is 0.000000534. The average Bonchev–Trinajstić information content (AvgIpc) is 2.81. The summed E-state index contributed by atoms with van der Waals surface area (Å²) in [5.41, 5.74) is 2.00. The number of hydrogen-bond acceptors (Lipinski definition) is 7. The number of carbonyl (C=O) groups is 3. The second-order valence-electron chi connectivity index (χ2n) is 7.01. The summed E-state index contributed by atoms with van der Waals surface area (Å²) in [7, 11) is 0. The highest BCUT2D eigenvalue weighted by Crippen LogP contribution is 2.35. The minimum Gasteiger partial charge on any atom is -0.491 e. The Bertz CT molecular complexity index is 905. The number of ketones is 1. The summed E-state index contributed by atoms with van der Waals surface area (Å²) in [4.78, 5) is 31.1. The zero-order valence-electron chi connectivity index (χ0n) is 17.7. The van der Waals surface area contributed by atoms with Crippen LogP contribution >= 0.6 is 11.8 Å². The van der Waals surface area contributed by atoms with E-state index in [4.69, 9.17) is 24.5 Å². The molecule has 3 rings (SSSR count). The maximum Gasteiger partial charge on any atom is 0.414 e. The van der Waals surface area contributed by atoms with Gasteiger partial charge in [0.05, 0.1) is 0 Å². The van der Waals surface area contributed by atoms with Crippen molar-refractivity contribution < 1.29 is 34.4 Å². The summed E-state index contributed by atoms with van der Waals surface area (Å²) in [5.74, 6) is -1.78. The van der Waals surface area contributed by atoms with Crippen molar-refractivity contribution in [1.29, 1.82) is 0 Å². The number of ether oxygens (including phenoxy) is 1. The third-order valence-corrected chi connectivity index (χ3v) is 5.80. The molecule has 0 aliphatic carbocycles. The molecule has 9 heteroatoms. The number of thioether (sulfide) groups is 1. The Hall–Kier alpha value is -2.88. The van der Waals surface area contributed by atoms with E-state index in [9.17, 15) is 9.90 Å². The molecule has 0 saturated carbocycles. The maximum absolute atomic E-state index is 11.6. The van der Waals surface area contributed by atoms with Crippen molar-refractivity contribution in [2.45, 2.75) is 36.8 Å². The van der Waals surface area contributed by atoms with Crippen LogP contribution in [0.4, 0.5) is 0 Å². The van der Waals surface area contributed by atoms with Crippen molar-refractivity contribution in [3.8, 4) is 5.75 Å². The fraction of sp³-hybridized carbons (Fsp3) is 0.348. The Morgan fingerprint density at radius 3 is 2.38 bits per heavy atom. The van der Waals surface area contributed by atoms with Gasteiger partial charge >= 0.3 is 11.9 Å². The molecule has 4 N–H and O–H groups in total. The fourth-order valence-electron chi connectivity index (χ4n) is 3.02. The quantitative estimate of drug-likeness (QED) is 0.346. The van der Waals surface area contributed by atoms with Crippen molar-refractivity contribution in [3.63, 3.8) is 0 Å². The summed E-state index contributed by atoms with van der Waals surface area (Å²) in [6.45, 7) is 2.55. The Morgan fingerprint density at radius 2 is 1.75 bits per heavy atom. The smallest absolute Gasteiger partial charge is 0.414 e. The van der Waals surface area contributed by atoms with Crippen molar-refractivity contribution in [1.82, 2.24) is 5.32 Å². The first-order valence-corrected chi connectivity index (χ1v) is 11.2. The zero-order valence-corrected chi connectivity index (χ0v) is 18.5. The Morgan fingerprint density at radius 1 is 1.09 bits per heavy atom. The molecule has 2 unspecified atom stereocenters. The molecule has 1 heterocycles. The second kappa shape index (κ2) is 12.8. The number of carbonyl (C=O) groups excluding carboxylic acids is 1. The zero-order chi connectivity index (χ0) is 23.5. The molecule has 0 amide bonds. The maximum atomic E-state index is 11.6. The summed E-state index contributed by atoms with van der Waals surface area (Å²) < 4.78 is 5.64. The molecular weight excluding hydrogens is 434 g/mol. The minimum atomic E-state index is -1.82. The predicted molar refractivity (Wildman–Crippen MR) is 120 cm³/mol. The lowest BCUT2D eigenvalue weighted by Crippen LogP contribution is -2.35. The van der Waals surface area contributed by atoms with Crippen LogP contribution in [-0.2, 0) is 9.59 Å². The van der Waals surface area contributed by atoms with Crippen molar-refractivity contribution in [3.05, 3.63) is 59.7 Å². The lowest BCUT2D eigenvalue weighted by Gasteiger charge is -2.27. The largest absolute Gasteiger partial charge is 0.491 e. The predicted octanol–water partition coefficient (Wildman–Crippen LogP) is 3.00. The summed E-state index contributed by atoms with van der Waals surface area (Å²) in [6.07, 6.45) is 0.962. The molecule has 1 aliphatic rings. The topological polar surface area (TPSA) is 133 Å². The van der Waals surface area contributed by atoms with Crippen molar-refractivity contribution in [2.24, 2.45) is 0 Å². The second-order valence-corrected chi connectivity index (χ2v) is 8.15. The number of carboxylic acid groups (broad SMARTS) is 2. The number of fused-ring (bicyclic) bond motifs is 1. The Labute approximate surface area is 190 Å². The van der Waals surface area contributed by atoms with E-state index < -0.39 is 18.0 Å². The molecule has 0 spiro atoms. The highest BCUT2D eigenvalue weighted by molar-refractivity contribution is 7.99. The first-order valence-electron chi connectivity index (χ1n) is 10.2. The monoisotopic (exact) mass is 461 g/mol. The fourth-order valence-corrected chi connectivity index (χ4v) is 4.15. The van der Waals surface area contributed by atoms with E-state index in [1.54, 1.807) is 24.3 Å². The summed E-state index contributed by atoms with van der Waals surface area (Å²) in [6, 6.07) is 15.8. The van der Waals surface area contributed by atoms with Gasteiger partial charge in [-0.15, -0.1) is 11.8 Å². The van der Waals surface area contributed by atoms with E-state index in [0.717, 1.165) is 12.2 Å². The number of aliphatic hydroxyl groups is 1. The average molecular weight is 462 g/mol. The number of aliphatic hydroxyl groups excluding tert-OH is 1. The van der Waals surface area contributed by atoms with Gasteiger partial charge in [0.15, 0.2) is 5.78 Å². The van der Waals surface area contributed by atoms with E-state index in [1.165, 1.54) is 10.5 Å². The van der Waals surface area contributed by atoms with E-state index in [1.807, 2.05) is 18.7 Å². The molecule has 2 aromatic rings. The molecule has 1 aliphatic heterocycles. The molecule has 0 bridgehead atoms. The summed E-state index contributed by atoms with van der Waals surface area (Å²) >= 11 is 1.89. The molecule has 0 radical (unpaired) electrons. The SMILES string of the molecule is CCC(=O)c1ccc(OCC(O)CNC2CCSc3ccccc32)cc1.O=C(O)C(=O)O. The Kier molecular flexibility index (Phi) is 10.2. The van der Waals surface area contributed by atoms with Gasteiger partial charge in [-0.05, 0) is 48.1 Å². The van der Waals surface area contributed by atoms with Crippen molar-refractivity contribution in [2.75, 3.05) is 18.9 Å². The first kappa shape index (κ1) is 25.4. The van der Waals surface area contributed by atoms with Crippen LogP contribution in [0.5, 0.6) is 5.75 Å². The van der Waals surface area contributed by atoms with E-state index in [0.29, 0.717) is 24.3 Å². The van der Waals surface area contributed by atoms with Crippen molar-refractivity contribution >= 4 is 29.5 Å². The molecule has 2 atom stereocenters. The number of rotatable bonds is 8. The van der Waals surface area contributed by atoms with Crippen LogP contribution in [0.1, 0.15) is 41.7 Å². The van der Waals surface area contributed by atoms with Crippen LogP contribution in [0, 0.1) is 0 Å². The first-order chi connectivity index (χ1) is 15.3. The number of nitrogens with one attached hydrogen (secondary N) is 1. The van der Waals surface area contributed by atoms with Crippen LogP contribution in [-0.4, -0.2) is 58.0 Å². The molecule has 172 valence electrons. The van der Waals surface area contributed by atoms with Gasteiger partial charge in [-0.25, -0.2) is 9.59 Å². The number of carboxylic acids is 2. The third kappa shape index (κ3) is 7.99. The van der Waals surface area contributed by atoms with Gasteiger partial charge < -0.3 is 25.4 Å².